The van der Waals surface area contributed by atoms with E-state index in [4.69, 9.17) is 0 Å². The summed E-state index contributed by atoms with van der Waals surface area (Å²) >= 11 is 0. The quantitative estimate of drug-likeness (QED) is 0.833. The van der Waals surface area contributed by atoms with Crippen molar-refractivity contribution in [1.29, 1.82) is 0 Å². The summed E-state index contributed by atoms with van der Waals surface area (Å²) in [6.45, 7) is 8.78. The molecule has 2 rings (SSSR count). The van der Waals surface area contributed by atoms with E-state index >= 15 is 0 Å². The second-order valence-electron chi connectivity index (χ2n) is 4.49. The van der Waals surface area contributed by atoms with Gasteiger partial charge in [0.1, 0.15) is 0 Å². The Kier molecular flexibility index (Phi) is 3.91. The van der Waals surface area contributed by atoms with Crippen LogP contribution in [0.3, 0.4) is 0 Å². The number of piperazine rings is 1. The molecule has 1 atom stereocenters. The Hall–Kier alpha value is -0.930. The fourth-order valence-electron chi connectivity index (χ4n) is 2.25. The molecule has 0 aromatic carbocycles. The van der Waals surface area contributed by atoms with Crippen LogP contribution in [0.15, 0.2) is 18.3 Å². The van der Waals surface area contributed by atoms with Gasteiger partial charge in [-0.2, -0.15) is 0 Å². The average molecular weight is 219 g/mol. The summed E-state index contributed by atoms with van der Waals surface area (Å²) in [6, 6.07) is 4.83. The molecule has 1 aromatic heterocycles. The maximum atomic E-state index is 4.52. The molecule has 1 N–H and O–H groups in total. The average Bonchev–Trinajstić information content (AvgIpc) is 2.33. The van der Waals surface area contributed by atoms with Gasteiger partial charge in [0.05, 0.1) is 5.69 Å². The van der Waals surface area contributed by atoms with Gasteiger partial charge in [0.25, 0.3) is 0 Å². The number of pyridine rings is 1. The zero-order valence-electron chi connectivity index (χ0n) is 10.2. The van der Waals surface area contributed by atoms with Gasteiger partial charge in [-0.25, -0.2) is 0 Å². The Bertz CT molecular complexity index is 338. The highest BCUT2D eigenvalue weighted by atomic mass is 15.2. The van der Waals surface area contributed by atoms with E-state index < -0.39 is 0 Å². The van der Waals surface area contributed by atoms with Crippen molar-refractivity contribution in [3.8, 4) is 0 Å². The molecule has 1 saturated heterocycles. The molecule has 1 aliphatic heterocycles. The molecule has 0 aliphatic carbocycles. The summed E-state index contributed by atoms with van der Waals surface area (Å²) in [5.74, 6) is 0. The highest BCUT2D eigenvalue weighted by Crippen LogP contribution is 2.12. The fraction of sp³-hybridized carbons (Fsp3) is 0.615. The van der Waals surface area contributed by atoms with Crippen LogP contribution in [-0.2, 0) is 13.0 Å². The summed E-state index contributed by atoms with van der Waals surface area (Å²) in [5.41, 5.74) is 2.63. The Morgan fingerprint density at radius 2 is 2.44 bits per heavy atom. The van der Waals surface area contributed by atoms with E-state index in [2.05, 4.69) is 35.1 Å². The van der Waals surface area contributed by atoms with Crippen LogP contribution in [0.2, 0.25) is 0 Å². The van der Waals surface area contributed by atoms with Crippen molar-refractivity contribution in [1.82, 2.24) is 15.2 Å². The van der Waals surface area contributed by atoms with Gasteiger partial charge in [0.15, 0.2) is 0 Å². The van der Waals surface area contributed by atoms with Crippen LogP contribution in [0.4, 0.5) is 0 Å². The van der Waals surface area contributed by atoms with Gasteiger partial charge in [-0.05, 0) is 25.0 Å². The molecule has 88 valence electrons. The molecule has 16 heavy (non-hydrogen) atoms. The molecule has 0 radical (unpaired) electrons. The molecular formula is C13H21N3. The van der Waals surface area contributed by atoms with Crippen LogP contribution in [0, 0.1) is 0 Å². The van der Waals surface area contributed by atoms with Crippen LogP contribution < -0.4 is 5.32 Å². The molecule has 1 aliphatic rings. The lowest BCUT2D eigenvalue weighted by Gasteiger charge is -2.33. The Labute approximate surface area is 97.9 Å². The SMILES string of the molecule is CCc1cccnc1CN1CCNCC1C. The van der Waals surface area contributed by atoms with Gasteiger partial charge in [-0.15, -0.1) is 0 Å². The second kappa shape index (κ2) is 5.41. The number of rotatable bonds is 3. The van der Waals surface area contributed by atoms with Gasteiger partial charge in [-0.1, -0.05) is 13.0 Å². The van der Waals surface area contributed by atoms with Crippen molar-refractivity contribution in [3.63, 3.8) is 0 Å². The first-order valence-electron chi connectivity index (χ1n) is 6.18. The Morgan fingerprint density at radius 1 is 1.56 bits per heavy atom. The van der Waals surface area contributed by atoms with E-state index in [-0.39, 0.29) is 0 Å². The summed E-state index contributed by atoms with van der Waals surface area (Å²) in [4.78, 5) is 7.03. The fourth-order valence-corrected chi connectivity index (χ4v) is 2.25. The summed E-state index contributed by atoms with van der Waals surface area (Å²) < 4.78 is 0. The van der Waals surface area contributed by atoms with Crippen molar-refractivity contribution in [2.75, 3.05) is 19.6 Å². The largest absolute Gasteiger partial charge is 0.314 e. The molecule has 0 amide bonds. The van der Waals surface area contributed by atoms with Crippen LogP contribution in [-0.4, -0.2) is 35.6 Å². The van der Waals surface area contributed by atoms with Gasteiger partial charge in [0, 0.05) is 38.4 Å². The number of hydrogen-bond acceptors (Lipinski definition) is 3. The molecule has 0 bridgehead atoms. The van der Waals surface area contributed by atoms with E-state index in [1.165, 1.54) is 11.3 Å². The molecule has 1 fully saturated rings. The Morgan fingerprint density at radius 3 is 3.19 bits per heavy atom. The zero-order valence-corrected chi connectivity index (χ0v) is 10.2. The topological polar surface area (TPSA) is 28.2 Å². The zero-order chi connectivity index (χ0) is 11.4. The first-order valence-corrected chi connectivity index (χ1v) is 6.18. The molecule has 3 heteroatoms. The number of nitrogens with zero attached hydrogens (tertiary/aromatic N) is 2. The normalized spacial score (nSPS) is 22.2. The third kappa shape index (κ3) is 2.60. The number of aromatic nitrogens is 1. The van der Waals surface area contributed by atoms with Crippen LogP contribution in [0.25, 0.3) is 0 Å². The van der Waals surface area contributed by atoms with E-state index in [9.17, 15) is 0 Å². The molecule has 1 unspecified atom stereocenters. The lowest BCUT2D eigenvalue weighted by Crippen LogP contribution is -2.49. The summed E-state index contributed by atoms with van der Waals surface area (Å²) in [5, 5.41) is 3.42. The summed E-state index contributed by atoms with van der Waals surface area (Å²) in [7, 11) is 0. The molecule has 2 heterocycles. The second-order valence-corrected chi connectivity index (χ2v) is 4.49. The van der Waals surface area contributed by atoms with Gasteiger partial charge in [-0.3, -0.25) is 9.88 Å². The number of aryl methyl sites for hydroxylation is 1. The maximum absolute atomic E-state index is 4.52. The third-order valence-corrected chi connectivity index (χ3v) is 3.36. The van der Waals surface area contributed by atoms with Crippen LogP contribution >= 0.6 is 0 Å². The molecule has 1 aromatic rings. The highest BCUT2D eigenvalue weighted by molar-refractivity contribution is 5.19. The predicted octanol–water partition coefficient (Wildman–Crippen LogP) is 1.44. The van der Waals surface area contributed by atoms with E-state index in [1.54, 1.807) is 0 Å². The van der Waals surface area contributed by atoms with E-state index in [1.807, 2.05) is 12.3 Å². The van der Waals surface area contributed by atoms with Crippen molar-refractivity contribution >= 4 is 0 Å². The van der Waals surface area contributed by atoms with E-state index in [0.29, 0.717) is 6.04 Å². The van der Waals surface area contributed by atoms with Crippen molar-refractivity contribution < 1.29 is 0 Å². The van der Waals surface area contributed by atoms with Crippen molar-refractivity contribution in [2.45, 2.75) is 32.9 Å². The maximum Gasteiger partial charge on any atom is 0.0575 e. The number of nitrogens with one attached hydrogen (secondary N) is 1. The molecule has 3 nitrogen and oxygen atoms in total. The minimum absolute atomic E-state index is 0.612. The lowest BCUT2D eigenvalue weighted by atomic mass is 10.1. The minimum Gasteiger partial charge on any atom is -0.314 e. The third-order valence-electron chi connectivity index (χ3n) is 3.36. The van der Waals surface area contributed by atoms with Crippen molar-refractivity contribution in [2.24, 2.45) is 0 Å². The lowest BCUT2D eigenvalue weighted by molar-refractivity contribution is 0.163. The van der Waals surface area contributed by atoms with Crippen LogP contribution in [0.1, 0.15) is 25.1 Å². The van der Waals surface area contributed by atoms with Gasteiger partial charge >= 0.3 is 0 Å². The first-order chi connectivity index (χ1) is 7.81. The van der Waals surface area contributed by atoms with Gasteiger partial charge < -0.3 is 5.32 Å². The first kappa shape index (κ1) is 11.6. The summed E-state index contributed by atoms with van der Waals surface area (Å²) in [6.07, 6.45) is 2.98. The van der Waals surface area contributed by atoms with E-state index in [0.717, 1.165) is 32.6 Å². The monoisotopic (exact) mass is 219 g/mol. The molecule has 0 saturated carbocycles. The minimum atomic E-state index is 0.612. The molecule has 0 spiro atoms. The number of hydrogen-bond donors (Lipinski definition) is 1. The Balaban J connectivity index is 2.07. The smallest absolute Gasteiger partial charge is 0.0575 e. The van der Waals surface area contributed by atoms with Gasteiger partial charge in [0.2, 0.25) is 0 Å². The molecular weight excluding hydrogens is 198 g/mol. The highest BCUT2D eigenvalue weighted by Gasteiger charge is 2.18. The predicted molar refractivity (Wildman–Crippen MR) is 66.4 cm³/mol. The van der Waals surface area contributed by atoms with Crippen LogP contribution in [0.5, 0.6) is 0 Å². The van der Waals surface area contributed by atoms with Crippen molar-refractivity contribution in [3.05, 3.63) is 29.6 Å². The standard InChI is InChI=1S/C13H21N3/c1-3-12-5-4-6-15-13(12)10-16-8-7-14-9-11(16)2/h4-6,11,14H,3,7-10H2,1-2H3.